The number of halogens is 1. The van der Waals surface area contributed by atoms with Gasteiger partial charge in [0.2, 0.25) is 10.0 Å². The van der Waals surface area contributed by atoms with Crippen molar-refractivity contribution in [2.45, 2.75) is 24.7 Å². The molecule has 1 N–H and O–H groups in total. The predicted molar refractivity (Wildman–Crippen MR) is 92.5 cm³/mol. The van der Waals surface area contributed by atoms with E-state index in [1.807, 2.05) is 0 Å². The van der Waals surface area contributed by atoms with Crippen LogP contribution in [0.15, 0.2) is 35.4 Å². The number of amides is 1. The van der Waals surface area contributed by atoms with Crippen molar-refractivity contribution in [3.05, 3.63) is 47.5 Å². The monoisotopic (exact) mass is 365 g/mol. The summed E-state index contributed by atoms with van der Waals surface area (Å²) in [5.74, 6) is -0.826. The van der Waals surface area contributed by atoms with Crippen LogP contribution in [0.5, 0.6) is 0 Å². The van der Waals surface area contributed by atoms with Crippen molar-refractivity contribution in [2.24, 2.45) is 7.05 Å². The van der Waals surface area contributed by atoms with Crippen LogP contribution in [-0.2, 0) is 17.1 Å². The molecule has 0 radical (unpaired) electrons. The number of nitrogens with one attached hydrogen (secondary N) is 1. The van der Waals surface area contributed by atoms with E-state index in [1.54, 1.807) is 14.0 Å². The molecule has 0 atom stereocenters. The molecule has 1 aromatic carbocycles. The van der Waals surface area contributed by atoms with Crippen LogP contribution in [0.4, 0.5) is 10.1 Å². The molecular weight excluding hydrogens is 345 g/mol. The van der Waals surface area contributed by atoms with Gasteiger partial charge in [0.15, 0.2) is 0 Å². The van der Waals surface area contributed by atoms with E-state index in [-0.39, 0.29) is 16.4 Å². The maximum Gasteiger partial charge on any atom is 0.272 e. The second kappa shape index (κ2) is 6.61. The fourth-order valence-corrected chi connectivity index (χ4v) is 4.52. The Morgan fingerprint density at radius 1 is 1.20 bits per heavy atom. The molecule has 1 fully saturated rings. The van der Waals surface area contributed by atoms with Crippen molar-refractivity contribution < 1.29 is 17.6 Å². The molecule has 0 bridgehead atoms. The third-order valence-electron chi connectivity index (χ3n) is 4.35. The van der Waals surface area contributed by atoms with Gasteiger partial charge in [0.1, 0.15) is 16.4 Å². The highest BCUT2D eigenvalue weighted by Crippen LogP contribution is 2.23. The van der Waals surface area contributed by atoms with Gasteiger partial charge >= 0.3 is 0 Å². The van der Waals surface area contributed by atoms with Gasteiger partial charge in [-0.2, -0.15) is 4.31 Å². The van der Waals surface area contributed by atoms with Crippen molar-refractivity contribution >= 4 is 21.6 Å². The second-order valence-electron chi connectivity index (χ2n) is 6.20. The molecule has 3 rings (SSSR count). The van der Waals surface area contributed by atoms with Crippen LogP contribution in [0.25, 0.3) is 0 Å². The van der Waals surface area contributed by atoms with Crippen molar-refractivity contribution in [3.63, 3.8) is 0 Å². The molecule has 25 heavy (non-hydrogen) atoms. The fraction of sp³-hybridized carbons (Fsp3) is 0.353. The summed E-state index contributed by atoms with van der Waals surface area (Å²) in [6, 6.07) is 5.44. The van der Waals surface area contributed by atoms with E-state index in [0.717, 1.165) is 12.8 Å². The smallest absolute Gasteiger partial charge is 0.272 e. The van der Waals surface area contributed by atoms with Crippen LogP contribution in [0, 0.1) is 12.7 Å². The Hall–Kier alpha value is -2.19. The number of hydrogen-bond acceptors (Lipinski definition) is 3. The van der Waals surface area contributed by atoms with Crippen LogP contribution in [-0.4, -0.2) is 36.3 Å². The Labute approximate surface area is 146 Å². The third kappa shape index (κ3) is 3.45. The highest BCUT2D eigenvalue weighted by atomic mass is 32.2. The maximum atomic E-state index is 13.2. The fourth-order valence-electron chi connectivity index (χ4n) is 2.93. The lowest BCUT2D eigenvalue weighted by molar-refractivity contribution is 0.101. The molecule has 1 aliphatic heterocycles. The highest BCUT2D eigenvalue weighted by molar-refractivity contribution is 7.89. The number of aromatic nitrogens is 1. The first-order chi connectivity index (χ1) is 11.8. The molecule has 0 unspecified atom stereocenters. The Balaban J connectivity index is 1.85. The van der Waals surface area contributed by atoms with Gasteiger partial charge in [-0.3, -0.25) is 4.79 Å². The van der Waals surface area contributed by atoms with Gasteiger partial charge in [-0.1, -0.05) is 0 Å². The molecule has 0 aliphatic carbocycles. The van der Waals surface area contributed by atoms with Crippen molar-refractivity contribution in [2.75, 3.05) is 18.4 Å². The summed E-state index contributed by atoms with van der Waals surface area (Å²) >= 11 is 0. The minimum absolute atomic E-state index is 0.109. The standard InChI is InChI=1S/C17H20FN3O3S/c1-12-9-13(18)5-6-15(12)19-17(22)16-10-14(11-20(16)2)25(23,24)21-7-3-4-8-21/h5-6,9-11H,3-4,7-8H2,1-2H3,(H,19,22). The molecule has 8 heteroatoms. The zero-order chi connectivity index (χ0) is 18.2. The Morgan fingerprint density at radius 2 is 1.88 bits per heavy atom. The van der Waals surface area contributed by atoms with Gasteiger partial charge in [-0.05, 0) is 49.6 Å². The highest BCUT2D eigenvalue weighted by Gasteiger charge is 2.29. The van der Waals surface area contributed by atoms with Gasteiger partial charge in [0, 0.05) is 32.0 Å². The topological polar surface area (TPSA) is 71.4 Å². The van der Waals surface area contributed by atoms with E-state index in [0.29, 0.717) is 24.3 Å². The van der Waals surface area contributed by atoms with Crippen molar-refractivity contribution in [1.29, 1.82) is 0 Å². The predicted octanol–water partition coefficient (Wildman–Crippen LogP) is 2.51. The van der Waals surface area contributed by atoms with E-state index in [1.165, 1.54) is 39.3 Å². The number of carbonyl (C=O) groups is 1. The molecule has 1 aliphatic rings. The Bertz CT molecular complexity index is 915. The minimum atomic E-state index is -3.58. The summed E-state index contributed by atoms with van der Waals surface area (Å²) in [7, 11) is -1.96. The van der Waals surface area contributed by atoms with Gasteiger partial charge in [-0.25, -0.2) is 12.8 Å². The molecular formula is C17H20FN3O3S. The average Bonchev–Trinajstić information content (AvgIpc) is 3.20. The van der Waals surface area contributed by atoms with Gasteiger partial charge in [0.05, 0.1) is 0 Å². The third-order valence-corrected chi connectivity index (χ3v) is 6.22. The number of nitrogens with zero attached hydrogens (tertiary/aromatic N) is 2. The quantitative estimate of drug-likeness (QED) is 0.905. The zero-order valence-electron chi connectivity index (χ0n) is 14.1. The summed E-state index contributed by atoms with van der Waals surface area (Å²) in [5, 5.41) is 2.69. The molecule has 1 amide bonds. The first kappa shape index (κ1) is 17.6. The van der Waals surface area contributed by atoms with Crippen LogP contribution in [0.2, 0.25) is 0 Å². The van der Waals surface area contributed by atoms with Gasteiger partial charge < -0.3 is 9.88 Å². The summed E-state index contributed by atoms with van der Waals surface area (Å²) < 4.78 is 41.3. The molecule has 134 valence electrons. The molecule has 0 saturated carbocycles. The van der Waals surface area contributed by atoms with E-state index >= 15 is 0 Å². The number of aryl methyl sites for hydroxylation is 2. The number of benzene rings is 1. The number of carbonyl (C=O) groups excluding carboxylic acids is 1. The van der Waals surface area contributed by atoms with Crippen molar-refractivity contribution in [1.82, 2.24) is 8.87 Å². The van der Waals surface area contributed by atoms with Crippen LogP contribution < -0.4 is 5.32 Å². The number of rotatable bonds is 4. The van der Waals surface area contributed by atoms with E-state index in [4.69, 9.17) is 0 Å². The molecule has 1 saturated heterocycles. The molecule has 2 aromatic rings. The zero-order valence-corrected chi connectivity index (χ0v) is 14.9. The molecule has 2 heterocycles. The SMILES string of the molecule is Cc1cc(F)ccc1NC(=O)c1cc(S(=O)(=O)N2CCCC2)cn1C. The minimum Gasteiger partial charge on any atom is -0.345 e. The molecule has 1 aromatic heterocycles. The van der Waals surface area contributed by atoms with Crippen molar-refractivity contribution in [3.8, 4) is 0 Å². The van der Waals surface area contributed by atoms with Gasteiger partial charge in [0.25, 0.3) is 5.91 Å². The average molecular weight is 365 g/mol. The second-order valence-corrected chi connectivity index (χ2v) is 8.13. The number of sulfonamides is 1. The molecule has 0 spiro atoms. The lowest BCUT2D eigenvalue weighted by Gasteiger charge is -2.13. The van der Waals surface area contributed by atoms with Crippen LogP contribution >= 0.6 is 0 Å². The molecule has 6 nitrogen and oxygen atoms in total. The lowest BCUT2D eigenvalue weighted by Crippen LogP contribution is -2.27. The first-order valence-electron chi connectivity index (χ1n) is 8.03. The lowest BCUT2D eigenvalue weighted by atomic mass is 10.2. The van der Waals surface area contributed by atoms with E-state index < -0.39 is 15.9 Å². The summed E-state index contributed by atoms with van der Waals surface area (Å²) in [5.41, 5.74) is 1.30. The number of hydrogen-bond donors (Lipinski definition) is 1. The van der Waals surface area contributed by atoms with Crippen LogP contribution in [0.3, 0.4) is 0 Å². The van der Waals surface area contributed by atoms with E-state index in [9.17, 15) is 17.6 Å². The normalized spacial score (nSPS) is 15.5. The van der Waals surface area contributed by atoms with Gasteiger partial charge in [-0.15, -0.1) is 0 Å². The maximum absolute atomic E-state index is 13.2. The largest absolute Gasteiger partial charge is 0.345 e. The summed E-state index contributed by atoms with van der Waals surface area (Å²) in [6.45, 7) is 2.70. The summed E-state index contributed by atoms with van der Waals surface area (Å²) in [6.07, 6.45) is 3.15. The first-order valence-corrected chi connectivity index (χ1v) is 9.47. The Morgan fingerprint density at radius 3 is 2.52 bits per heavy atom. The Kier molecular flexibility index (Phi) is 4.66. The van der Waals surface area contributed by atoms with Crippen LogP contribution in [0.1, 0.15) is 28.9 Å². The summed E-state index contributed by atoms with van der Waals surface area (Å²) in [4.78, 5) is 12.6. The number of anilines is 1. The van der Waals surface area contributed by atoms with E-state index in [2.05, 4.69) is 5.32 Å².